The third-order valence-corrected chi connectivity index (χ3v) is 4.45. The molecular formula is C25H21FO. The number of halogens is 1. The summed E-state index contributed by atoms with van der Waals surface area (Å²) < 4.78 is 12.9. The van der Waals surface area contributed by atoms with Crippen molar-refractivity contribution in [1.82, 2.24) is 0 Å². The molecule has 0 atom stereocenters. The highest BCUT2D eigenvalue weighted by Crippen LogP contribution is 2.12. The molecule has 0 bridgehead atoms. The van der Waals surface area contributed by atoms with Crippen molar-refractivity contribution in [3.8, 4) is 0 Å². The van der Waals surface area contributed by atoms with E-state index in [0.29, 0.717) is 5.56 Å². The van der Waals surface area contributed by atoms with Crippen LogP contribution in [0.5, 0.6) is 0 Å². The van der Waals surface area contributed by atoms with Crippen molar-refractivity contribution >= 4 is 17.9 Å². The van der Waals surface area contributed by atoms with Gasteiger partial charge in [0.2, 0.25) is 0 Å². The van der Waals surface area contributed by atoms with Crippen LogP contribution in [-0.4, -0.2) is 5.78 Å². The second-order valence-electron chi connectivity index (χ2n) is 6.39. The van der Waals surface area contributed by atoms with Gasteiger partial charge in [-0.2, -0.15) is 0 Å². The molecule has 0 radical (unpaired) electrons. The van der Waals surface area contributed by atoms with Crippen LogP contribution in [0.4, 0.5) is 4.39 Å². The predicted octanol–water partition coefficient (Wildman–Crippen LogP) is 6.15. The van der Waals surface area contributed by atoms with Crippen LogP contribution in [0, 0.1) is 5.82 Å². The number of ketones is 1. The monoisotopic (exact) mass is 356 g/mol. The summed E-state index contributed by atoms with van der Waals surface area (Å²) >= 11 is 0. The van der Waals surface area contributed by atoms with Gasteiger partial charge >= 0.3 is 0 Å². The van der Waals surface area contributed by atoms with E-state index in [1.807, 2.05) is 18.2 Å². The quantitative estimate of drug-likeness (QED) is 0.366. The topological polar surface area (TPSA) is 17.1 Å². The molecule has 0 saturated carbocycles. The molecule has 0 amide bonds. The predicted molar refractivity (Wildman–Crippen MR) is 110 cm³/mol. The van der Waals surface area contributed by atoms with Crippen molar-refractivity contribution in [2.24, 2.45) is 0 Å². The van der Waals surface area contributed by atoms with Gasteiger partial charge in [0.05, 0.1) is 0 Å². The summed E-state index contributed by atoms with van der Waals surface area (Å²) in [5, 5.41) is 0. The number of carbonyl (C=O) groups excluding carboxylic acids is 1. The Labute approximate surface area is 159 Å². The van der Waals surface area contributed by atoms with E-state index in [1.165, 1.54) is 41.5 Å². The van der Waals surface area contributed by atoms with Crippen LogP contribution >= 0.6 is 0 Å². The van der Waals surface area contributed by atoms with Gasteiger partial charge in [0, 0.05) is 5.56 Å². The molecule has 0 N–H and O–H groups in total. The van der Waals surface area contributed by atoms with Crippen molar-refractivity contribution in [1.29, 1.82) is 0 Å². The summed E-state index contributed by atoms with van der Waals surface area (Å²) in [4.78, 5) is 12.1. The Balaban J connectivity index is 1.56. The van der Waals surface area contributed by atoms with E-state index in [0.717, 1.165) is 24.0 Å². The lowest BCUT2D eigenvalue weighted by Gasteiger charge is -2.04. The van der Waals surface area contributed by atoms with Crippen LogP contribution in [0.3, 0.4) is 0 Å². The van der Waals surface area contributed by atoms with Gasteiger partial charge in [-0.15, -0.1) is 0 Å². The molecule has 0 aliphatic carbocycles. The maximum Gasteiger partial charge on any atom is 0.185 e. The van der Waals surface area contributed by atoms with Crippen molar-refractivity contribution < 1.29 is 9.18 Å². The molecule has 0 spiro atoms. The molecular weight excluding hydrogens is 335 g/mol. The number of hydrogen-bond acceptors (Lipinski definition) is 1. The Morgan fingerprint density at radius 3 is 1.81 bits per heavy atom. The molecule has 0 aliphatic rings. The Bertz CT molecular complexity index is 933. The fourth-order valence-corrected chi connectivity index (χ4v) is 2.79. The Morgan fingerprint density at radius 2 is 1.30 bits per heavy atom. The molecule has 1 nitrogen and oxygen atoms in total. The van der Waals surface area contributed by atoms with E-state index in [4.69, 9.17) is 0 Å². The number of rotatable bonds is 7. The van der Waals surface area contributed by atoms with E-state index < -0.39 is 0 Å². The van der Waals surface area contributed by atoms with Gasteiger partial charge in [0.25, 0.3) is 0 Å². The maximum absolute atomic E-state index is 12.9. The van der Waals surface area contributed by atoms with Gasteiger partial charge < -0.3 is 0 Å². The molecule has 0 saturated heterocycles. The van der Waals surface area contributed by atoms with Crippen molar-refractivity contribution in [3.05, 3.63) is 119 Å². The highest BCUT2D eigenvalue weighted by molar-refractivity contribution is 6.06. The summed E-state index contributed by atoms with van der Waals surface area (Å²) in [6, 6.07) is 22.2. The lowest BCUT2D eigenvalue weighted by molar-refractivity contribution is 0.104. The van der Waals surface area contributed by atoms with Gasteiger partial charge in [0.1, 0.15) is 5.82 Å². The Kier molecular flexibility index (Phi) is 6.11. The van der Waals surface area contributed by atoms with Gasteiger partial charge in [-0.3, -0.25) is 4.79 Å². The molecule has 0 heterocycles. The summed E-state index contributed by atoms with van der Waals surface area (Å²) in [5.74, 6) is -0.482. The maximum atomic E-state index is 12.9. The highest BCUT2D eigenvalue weighted by Gasteiger charge is 2.02. The van der Waals surface area contributed by atoms with Crippen molar-refractivity contribution in [2.75, 3.05) is 0 Å². The number of carbonyl (C=O) groups is 1. The number of allylic oxidation sites excluding steroid dienone is 1. The molecule has 0 unspecified atom stereocenters. The van der Waals surface area contributed by atoms with Crippen LogP contribution in [0.1, 0.15) is 32.6 Å². The van der Waals surface area contributed by atoms with Crippen LogP contribution in [0.25, 0.3) is 12.2 Å². The zero-order chi connectivity index (χ0) is 19.1. The lowest BCUT2D eigenvalue weighted by atomic mass is 10.0. The van der Waals surface area contributed by atoms with Gasteiger partial charge in [0.15, 0.2) is 5.78 Å². The molecule has 3 aromatic rings. The van der Waals surface area contributed by atoms with E-state index in [1.54, 1.807) is 6.08 Å². The SMILES string of the molecule is C=Cc1ccc(CCc2ccc(C=CC(=O)c3ccc(F)cc3)cc2)cc1. The van der Waals surface area contributed by atoms with Crippen LogP contribution < -0.4 is 0 Å². The first-order chi connectivity index (χ1) is 13.1. The van der Waals surface area contributed by atoms with Crippen LogP contribution in [0.2, 0.25) is 0 Å². The summed E-state index contributed by atoms with van der Waals surface area (Å²) in [6.45, 7) is 3.77. The lowest BCUT2D eigenvalue weighted by Crippen LogP contribution is -1.94. The normalized spacial score (nSPS) is 10.9. The number of hydrogen-bond donors (Lipinski definition) is 0. The van der Waals surface area contributed by atoms with Crippen molar-refractivity contribution in [2.45, 2.75) is 12.8 Å². The summed E-state index contributed by atoms with van der Waals surface area (Å²) in [7, 11) is 0. The van der Waals surface area contributed by atoms with Crippen LogP contribution in [-0.2, 0) is 12.8 Å². The van der Waals surface area contributed by atoms with Gasteiger partial charge in [-0.05, 0) is 65.4 Å². The Hall–Kier alpha value is -3.26. The van der Waals surface area contributed by atoms with E-state index in [9.17, 15) is 9.18 Å². The minimum Gasteiger partial charge on any atom is -0.289 e. The number of aryl methyl sites for hydroxylation is 2. The molecule has 134 valence electrons. The summed E-state index contributed by atoms with van der Waals surface area (Å²) in [5.41, 5.74) is 5.13. The average Bonchev–Trinajstić information content (AvgIpc) is 2.72. The van der Waals surface area contributed by atoms with Gasteiger partial charge in [-0.1, -0.05) is 67.3 Å². The van der Waals surface area contributed by atoms with Crippen molar-refractivity contribution in [3.63, 3.8) is 0 Å². The first-order valence-corrected chi connectivity index (χ1v) is 8.92. The zero-order valence-corrected chi connectivity index (χ0v) is 15.1. The fourth-order valence-electron chi connectivity index (χ4n) is 2.79. The average molecular weight is 356 g/mol. The van der Waals surface area contributed by atoms with Crippen LogP contribution in [0.15, 0.2) is 85.5 Å². The second-order valence-corrected chi connectivity index (χ2v) is 6.39. The molecule has 3 aromatic carbocycles. The van der Waals surface area contributed by atoms with E-state index in [2.05, 4.69) is 43.0 Å². The molecule has 2 heteroatoms. The third-order valence-electron chi connectivity index (χ3n) is 4.45. The molecule has 0 aromatic heterocycles. The molecule has 3 rings (SSSR count). The third kappa shape index (κ3) is 5.35. The first kappa shape index (κ1) is 18.5. The van der Waals surface area contributed by atoms with E-state index in [-0.39, 0.29) is 11.6 Å². The fraction of sp³-hybridized carbons (Fsp3) is 0.0800. The largest absolute Gasteiger partial charge is 0.289 e. The highest BCUT2D eigenvalue weighted by atomic mass is 19.1. The minimum atomic E-state index is -0.345. The standard InChI is InChI=1S/C25H21FO/c1-2-19-3-5-20(6-4-19)7-8-21-9-11-22(12-10-21)13-18-25(27)23-14-16-24(26)17-15-23/h2-6,9-18H,1,7-8H2. The first-order valence-electron chi connectivity index (χ1n) is 8.92. The molecule has 27 heavy (non-hydrogen) atoms. The molecule has 0 aliphatic heterocycles. The van der Waals surface area contributed by atoms with E-state index >= 15 is 0 Å². The smallest absolute Gasteiger partial charge is 0.185 e. The second kappa shape index (κ2) is 8.91. The Morgan fingerprint density at radius 1 is 0.778 bits per heavy atom. The summed E-state index contributed by atoms with van der Waals surface area (Å²) in [6.07, 6.45) is 7.09. The zero-order valence-electron chi connectivity index (χ0n) is 15.1. The minimum absolute atomic E-state index is 0.137. The van der Waals surface area contributed by atoms with Gasteiger partial charge in [-0.25, -0.2) is 4.39 Å². The molecule has 0 fully saturated rings. The number of benzene rings is 3.